The van der Waals surface area contributed by atoms with Crippen LogP contribution in [0.25, 0.3) is 0 Å². The highest BCUT2D eigenvalue weighted by Crippen LogP contribution is 2.17. The lowest BCUT2D eigenvalue weighted by molar-refractivity contribution is 0.0980. The van der Waals surface area contributed by atoms with E-state index in [1.807, 2.05) is 25.1 Å². The average molecular weight is 231 g/mol. The minimum Gasteiger partial charge on any atom is -0.398 e. The number of hydrogen-bond acceptors (Lipinski definition) is 2. The van der Waals surface area contributed by atoms with Crippen molar-refractivity contribution in [3.8, 4) is 0 Å². The summed E-state index contributed by atoms with van der Waals surface area (Å²) in [5, 5.41) is 0. The Labute approximate surface area is 104 Å². The largest absolute Gasteiger partial charge is 0.398 e. The normalized spacial score (nSPS) is 10.2. The van der Waals surface area contributed by atoms with E-state index >= 15 is 0 Å². The molecule has 0 spiro atoms. The first kappa shape index (κ1) is 13.5. The lowest BCUT2D eigenvalue weighted by Crippen LogP contribution is -2.04. The summed E-state index contributed by atoms with van der Waals surface area (Å²) in [4.78, 5) is 12.0. The van der Waals surface area contributed by atoms with Crippen LogP contribution in [0.15, 0.2) is 30.9 Å². The van der Waals surface area contributed by atoms with Crippen LogP contribution in [0.5, 0.6) is 0 Å². The highest BCUT2D eigenvalue weighted by molar-refractivity contribution is 6.00. The molecule has 0 heterocycles. The summed E-state index contributed by atoms with van der Waals surface area (Å²) in [6.45, 7) is 5.65. The number of Topliss-reactive ketones (excluding diaryl/α,β-unsaturated/α-hetero) is 1. The Hall–Kier alpha value is -1.57. The van der Waals surface area contributed by atoms with Crippen LogP contribution in [0.2, 0.25) is 0 Å². The molecule has 1 aromatic carbocycles. The molecule has 2 nitrogen and oxygen atoms in total. The summed E-state index contributed by atoms with van der Waals surface area (Å²) in [6, 6.07) is 5.61. The number of benzene rings is 1. The quantitative estimate of drug-likeness (QED) is 0.335. The number of carbonyl (C=O) groups is 1. The second-order valence-electron chi connectivity index (χ2n) is 4.40. The molecular weight excluding hydrogens is 210 g/mol. The van der Waals surface area contributed by atoms with Crippen LogP contribution >= 0.6 is 0 Å². The van der Waals surface area contributed by atoms with Gasteiger partial charge in [0.25, 0.3) is 0 Å². The molecule has 0 unspecified atom stereocenters. The van der Waals surface area contributed by atoms with E-state index in [9.17, 15) is 4.79 Å². The lowest BCUT2D eigenvalue weighted by atomic mass is 10.0. The van der Waals surface area contributed by atoms with Crippen molar-refractivity contribution in [3.05, 3.63) is 42.0 Å². The Balaban J connectivity index is 2.46. The monoisotopic (exact) mass is 231 g/mol. The van der Waals surface area contributed by atoms with Crippen LogP contribution < -0.4 is 5.73 Å². The molecule has 0 atom stereocenters. The third-order valence-electron chi connectivity index (χ3n) is 2.82. The molecule has 0 bridgehead atoms. The molecule has 92 valence electrons. The summed E-state index contributed by atoms with van der Waals surface area (Å²) in [7, 11) is 0. The van der Waals surface area contributed by atoms with E-state index in [2.05, 4.69) is 6.58 Å². The van der Waals surface area contributed by atoms with Gasteiger partial charge in [0.15, 0.2) is 5.78 Å². The molecule has 17 heavy (non-hydrogen) atoms. The predicted octanol–water partition coefficient (Wildman–Crippen LogP) is 3.90. The molecule has 0 fully saturated rings. The molecule has 0 aliphatic heterocycles. The molecule has 0 saturated carbocycles. The number of aryl methyl sites for hydroxylation is 1. The summed E-state index contributed by atoms with van der Waals surface area (Å²) in [6.07, 6.45) is 6.65. The van der Waals surface area contributed by atoms with Crippen LogP contribution in [0.1, 0.15) is 48.0 Å². The molecule has 1 aromatic rings. The number of anilines is 1. The number of carbonyl (C=O) groups excluding carboxylic acids is 1. The van der Waals surface area contributed by atoms with Crippen molar-refractivity contribution in [2.45, 2.75) is 39.0 Å². The number of nitrogens with two attached hydrogens (primary N) is 1. The first-order chi connectivity index (χ1) is 8.15. The van der Waals surface area contributed by atoms with Gasteiger partial charge in [-0.25, -0.2) is 0 Å². The van der Waals surface area contributed by atoms with Crippen LogP contribution in [-0.2, 0) is 0 Å². The average Bonchev–Trinajstić information content (AvgIpc) is 2.32. The Morgan fingerprint density at radius 1 is 1.35 bits per heavy atom. The maximum absolute atomic E-state index is 12.0. The number of nitrogen functional groups attached to an aromatic ring is 1. The molecule has 1 rings (SSSR count). The van der Waals surface area contributed by atoms with Crippen LogP contribution in [-0.4, -0.2) is 5.78 Å². The van der Waals surface area contributed by atoms with Gasteiger partial charge in [-0.05, 0) is 38.3 Å². The van der Waals surface area contributed by atoms with Gasteiger partial charge in [-0.2, -0.15) is 0 Å². The van der Waals surface area contributed by atoms with E-state index in [4.69, 9.17) is 5.73 Å². The van der Waals surface area contributed by atoms with Gasteiger partial charge < -0.3 is 5.73 Å². The van der Waals surface area contributed by atoms with E-state index in [1.165, 1.54) is 0 Å². The lowest BCUT2D eigenvalue weighted by Gasteiger charge is -2.05. The van der Waals surface area contributed by atoms with E-state index in [-0.39, 0.29) is 5.78 Å². The van der Waals surface area contributed by atoms with E-state index in [0.717, 1.165) is 31.2 Å². The number of rotatable bonds is 7. The van der Waals surface area contributed by atoms with Gasteiger partial charge in [-0.15, -0.1) is 6.58 Å². The van der Waals surface area contributed by atoms with Gasteiger partial charge in [-0.1, -0.05) is 24.1 Å². The van der Waals surface area contributed by atoms with Crippen molar-refractivity contribution in [1.82, 2.24) is 0 Å². The fourth-order valence-corrected chi connectivity index (χ4v) is 1.80. The highest BCUT2D eigenvalue weighted by atomic mass is 16.1. The van der Waals surface area contributed by atoms with E-state index in [1.54, 1.807) is 6.07 Å². The highest BCUT2D eigenvalue weighted by Gasteiger charge is 2.09. The van der Waals surface area contributed by atoms with Crippen LogP contribution in [0.3, 0.4) is 0 Å². The van der Waals surface area contributed by atoms with Crippen LogP contribution in [0.4, 0.5) is 5.69 Å². The summed E-state index contributed by atoms with van der Waals surface area (Å²) in [5.74, 6) is 0.157. The third kappa shape index (κ3) is 4.43. The van der Waals surface area contributed by atoms with Crippen molar-refractivity contribution in [2.75, 3.05) is 5.73 Å². The second kappa shape index (κ2) is 6.89. The fraction of sp³-hybridized carbons (Fsp3) is 0.400. The van der Waals surface area contributed by atoms with Crippen molar-refractivity contribution in [3.63, 3.8) is 0 Å². The van der Waals surface area contributed by atoms with Gasteiger partial charge >= 0.3 is 0 Å². The third-order valence-corrected chi connectivity index (χ3v) is 2.82. The SMILES string of the molecule is C=CCCCCCC(=O)c1cc(C)ccc1N. The smallest absolute Gasteiger partial charge is 0.164 e. The van der Waals surface area contributed by atoms with Crippen molar-refractivity contribution >= 4 is 11.5 Å². The number of ketones is 1. The van der Waals surface area contributed by atoms with Crippen molar-refractivity contribution in [1.29, 1.82) is 0 Å². The first-order valence-corrected chi connectivity index (χ1v) is 6.15. The Morgan fingerprint density at radius 2 is 2.12 bits per heavy atom. The van der Waals surface area contributed by atoms with Gasteiger partial charge in [0.2, 0.25) is 0 Å². The van der Waals surface area contributed by atoms with E-state index in [0.29, 0.717) is 17.7 Å². The Kier molecular flexibility index (Phi) is 5.47. The maximum Gasteiger partial charge on any atom is 0.164 e. The summed E-state index contributed by atoms with van der Waals surface area (Å²) < 4.78 is 0. The number of unbranched alkanes of at least 4 members (excludes halogenated alkanes) is 3. The summed E-state index contributed by atoms with van der Waals surface area (Å²) in [5.41, 5.74) is 8.15. The molecule has 0 amide bonds. The zero-order valence-corrected chi connectivity index (χ0v) is 10.5. The maximum atomic E-state index is 12.0. The standard InChI is InChI=1S/C15H21NO/c1-3-4-5-6-7-8-15(17)13-11-12(2)9-10-14(13)16/h3,9-11H,1,4-8,16H2,2H3. The predicted molar refractivity (Wildman–Crippen MR) is 73.2 cm³/mol. The molecule has 0 aromatic heterocycles. The van der Waals surface area contributed by atoms with Crippen molar-refractivity contribution in [2.24, 2.45) is 0 Å². The topological polar surface area (TPSA) is 43.1 Å². The summed E-state index contributed by atoms with van der Waals surface area (Å²) >= 11 is 0. The molecule has 0 aliphatic rings. The molecular formula is C15H21NO. The number of hydrogen-bond donors (Lipinski definition) is 1. The second-order valence-corrected chi connectivity index (χ2v) is 4.40. The van der Waals surface area contributed by atoms with E-state index < -0.39 is 0 Å². The minimum atomic E-state index is 0.157. The zero-order chi connectivity index (χ0) is 12.7. The molecule has 0 aliphatic carbocycles. The van der Waals surface area contributed by atoms with Gasteiger partial charge in [-0.3, -0.25) is 4.79 Å². The Morgan fingerprint density at radius 3 is 2.82 bits per heavy atom. The van der Waals surface area contributed by atoms with Gasteiger partial charge in [0.05, 0.1) is 0 Å². The zero-order valence-electron chi connectivity index (χ0n) is 10.5. The molecule has 0 radical (unpaired) electrons. The number of allylic oxidation sites excluding steroid dienone is 1. The first-order valence-electron chi connectivity index (χ1n) is 6.15. The molecule has 2 heteroatoms. The molecule has 2 N–H and O–H groups in total. The van der Waals surface area contributed by atoms with Gasteiger partial charge in [0.1, 0.15) is 0 Å². The minimum absolute atomic E-state index is 0.157. The Bertz CT molecular complexity index is 396. The van der Waals surface area contributed by atoms with Crippen molar-refractivity contribution < 1.29 is 4.79 Å². The molecule has 0 saturated heterocycles. The van der Waals surface area contributed by atoms with Gasteiger partial charge in [0, 0.05) is 17.7 Å². The van der Waals surface area contributed by atoms with Crippen LogP contribution in [0, 0.1) is 6.92 Å². The fourth-order valence-electron chi connectivity index (χ4n) is 1.80.